The van der Waals surface area contributed by atoms with Crippen LogP contribution in [0.4, 0.5) is 0 Å². The monoisotopic (exact) mass is 385 g/mol. The van der Waals surface area contributed by atoms with Gasteiger partial charge in [0.15, 0.2) is 0 Å². The highest BCUT2D eigenvalue weighted by Gasteiger charge is 2.33. The SMILES string of the molecule is CCC1CCCCN1C(=O)C(C)N1CCN(C(=O)Cc2ccc(C)cc2)CC1. The predicted molar refractivity (Wildman–Crippen MR) is 112 cm³/mol. The number of hydrogen-bond acceptors (Lipinski definition) is 3. The molecule has 0 radical (unpaired) electrons. The number of benzene rings is 1. The van der Waals surface area contributed by atoms with Gasteiger partial charge in [0.25, 0.3) is 0 Å². The van der Waals surface area contributed by atoms with Crippen molar-refractivity contribution in [3.8, 4) is 0 Å². The zero-order valence-corrected chi connectivity index (χ0v) is 17.7. The molecule has 5 nitrogen and oxygen atoms in total. The Morgan fingerprint density at radius 1 is 1.04 bits per heavy atom. The number of aryl methyl sites for hydroxylation is 1. The fourth-order valence-corrected chi connectivity index (χ4v) is 4.46. The highest BCUT2D eigenvalue weighted by molar-refractivity contribution is 5.82. The first-order valence-corrected chi connectivity index (χ1v) is 10.9. The second-order valence-electron chi connectivity index (χ2n) is 8.34. The van der Waals surface area contributed by atoms with Crippen LogP contribution in [0, 0.1) is 6.92 Å². The molecule has 2 amide bonds. The maximum atomic E-state index is 13.1. The first kappa shape index (κ1) is 20.8. The molecule has 2 atom stereocenters. The normalized spacial score (nSPS) is 22.2. The Hall–Kier alpha value is -1.88. The number of piperidine rings is 1. The van der Waals surface area contributed by atoms with Crippen molar-refractivity contribution in [2.45, 2.75) is 65.0 Å². The Bertz CT molecular complexity index is 665. The minimum atomic E-state index is -0.0958. The van der Waals surface area contributed by atoms with Gasteiger partial charge in [-0.15, -0.1) is 0 Å². The van der Waals surface area contributed by atoms with E-state index in [1.54, 1.807) is 0 Å². The van der Waals surface area contributed by atoms with E-state index in [2.05, 4.69) is 35.8 Å². The van der Waals surface area contributed by atoms with Gasteiger partial charge in [-0.2, -0.15) is 0 Å². The second-order valence-corrected chi connectivity index (χ2v) is 8.34. The number of carbonyl (C=O) groups excluding carboxylic acids is 2. The lowest BCUT2D eigenvalue weighted by Crippen LogP contribution is -2.57. The van der Waals surface area contributed by atoms with Crippen LogP contribution >= 0.6 is 0 Å². The van der Waals surface area contributed by atoms with E-state index < -0.39 is 0 Å². The summed E-state index contributed by atoms with van der Waals surface area (Å²) >= 11 is 0. The summed E-state index contributed by atoms with van der Waals surface area (Å²) in [4.78, 5) is 32.0. The maximum Gasteiger partial charge on any atom is 0.239 e. The van der Waals surface area contributed by atoms with Crippen LogP contribution in [0.15, 0.2) is 24.3 Å². The average molecular weight is 386 g/mol. The zero-order valence-electron chi connectivity index (χ0n) is 17.7. The Morgan fingerprint density at radius 3 is 2.36 bits per heavy atom. The van der Waals surface area contributed by atoms with Crippen molar-refractivity contribution in [2.75, 3.05) is 32.7 Å². The number of likely N-dealkylation sites (tertiary alicyclic amines) is 1. The summed E-state index contributed by atoms with van der Waals surface area (Å²) in [7, 11) is 0. The molecule has 0 aliphatic carbocycles. The molecule has 0 spiro atoms. The van der Waals surface area contributed by atoms with Crippen LogP contribution in [0.25, 0.3) is 0 Å². The molecule has 2 aliphatic heterocycles. The van der Waals surface area contributed by atoms with Gasteiger partial charge < -0.3 is 9.80 Å². The van der Waals surface area contributed by atoms with Gasteiger partial charge in [0.05, 0.1) is 12.5 Å². The van der Waals surface area contributed by atoms with E-state index >= 15 is 0 Å². The quantitative estimate of drug-likeness (QED) is 0.783. The molecular formula is C23H35N3O2. The molecular weight excluding hydrogens is 350 g/mol. The summed E-state index contributed by atoms with van der Waals surface area (Å²) in [5.41, 5.74) is 2.28. The van der Waals surface area contributed by atoms with E-state index in [1.807, 2.05) is 24.0 Å². The van der Waals surface area contributed by atoms with E-state index in [1.165, 1.54) is 12.0 Å². The van der Waals surface area contributed by atoms with Crippen molar-refractivity contribution in [1.29, 1.82) is 0 Å². The third-order valence-electron chi connectivity index (χ3n) is 6.43. The summed E-state index contributed by atoms with van der Waals surface area (Å²) in [6.45, 7) is 10.1. The van der Waals surface area contributed by atoms with Gasteiger partial charge in [0.1, 0.15) is 0 Å². The Morgan fingerprint density at radius 2 is 1.71 bits per heavy atom. The highest BCUT2D eigenvalue weighted by Crippen LogP contribution is 2.22. The summed E-state index contributed by atoms with van der Waals surface area (Å²) in [5, 5.41) is 0. The molecule has 1 aromatic carbocycles. The van der Waals surface area contributed by atoms with Crippen LogP contribution in [0.1, 0.15) is 50.7 Å². The molecule has 28 heavy (non-hydrogen) atoms. The van der Waals surface area contributed by atoms with E-state index in [9.17, 15) is 9.59 Å². The van der Waals surface area contributed by atoms with Crippen LogP contribution in [0.2, 0.25) is 0 Å². The minimum absolute atomic E-state index is 0.0958. The summed E-state index contributed by atoms with van der Waals surface area (Å²) in [6.07, 6.45) is 4.99. The highest BCUT2D eigenvalue weighted by atomic mass is 16.2. The number of nitrogens with zero attached hydrogens (tertiary/aromatic N) is 3. The maximum absolute atomic E-state index is 13.1. The number of piperazine rings is 1. The third kappa shape index (κ3) is 4.93. The smallest absolute Gasteiger partial charge is 0.239 e. The van der Waals surface area contributed by atoms with Crippen molar-refractivity contribution < 1.29 is 9.59 Å². The standard InChI is InChI=1S/C23H35N3O2/c1-4-21-7-5-6-12-26(21)23(28)19(3)24-13-15-25(16-14-24)22(27)17-20-10-8-18(2)9-11-20/h8-11,19,21H,4-7,12-17H2,1-3H3. The molecule has 154 valence electrons. The van der Waals surface area contributed by atoms with Crippen LogP contribution in [0.3, 0.4) is 0 Å². The van der Waals surface area contributed by atoms with Gasteiger partial charge in [-0.05, 0) is 45.1 Å². The topological polar surface area (TPSA) is 43.9 Å². The summed E-state index contributed by atoms with van der Waals surface area (Å²) in [6, 6.07) is 8.48. The molecule has 3 rings (SSSR count). The van der Waals surface area contributed by atoms with Crippen molar-refractivity contribution in [3.63, 3.8) is 0 Å². The number of amides is 2. The zero-order chi connectivity index (χ0) is 20.1. The van der Waals surface area contributed by atoms with Crippen molar-refractivity contribution >= 4 is 11.8 Å². The predicted octanol–water partition coefficient (Wildman–Crippen LogP) is 2.86. The molecule has 2 unspecified atom stereocenters. The van der Waals surface area contributed by atoms with Gasteiger partial charge in [-0.25, -0.2) is 0 Å². The molecule has 1 aromatic rings. The van der Waals surface area contributed by atoms with Gasteiger partial charge in [0, 0.05) is 38.8 Å². The van der Waals surface area contributed by atoms with E-state index in [4.69, 9.17) is 0 Å². The summed E-state index contributed by atoms with van der Waals surface area (Å²) < 4.78 is 0. The Labute approximate surface area is 169 Å². The molecule has 2 heterocycles. The number of hydrogen-bond donors (Lipinski definition) is 0. The lowest BCUT2D eigenvalue weighted by molar-refractivity contribution is -0.141. The molecule has 5 heteroatoms. The lowest BCUT2D eigenvalue weighted by Gasteiger charge is -2.42. The van der Waals surface area contributed by atoms with Gasteiger partial charge in [-0.3, -0.25) is 14.5 Å². The molecule has 0 saturated carbocycles. The van der Waals surface area contributed by atoms with Gasteiger partial charge >= 0.3 is 0 Å². The first-order chi connectivity index (χ1) is 13.5. The Balaban J connectivity index is 1.50. The third-order valence-corrected chi connectivity index (χ3v) is 6.43. The lowest BCUT2D eigenvalue weighted by atomic mass is 9.99. The van der Waals surface area contributed by atoms with Crippen LogP contribution in [-0.4, -0.2) is 71.3 Å². The molecule has 2 fully saturated rings. The average Bonchev–Trinajstić information content (AvgIpc) is 2.74. The van der Waals surface area contributed by atoms with Crippen molar-refractivity contribution in [2.24, 2.45) is 0 Å². The fourth-order valence-electron chi connectivity index (χ4n) is 4.46. The summed E-state index contributed by atoms with van der Waals surface area (Å²) in [5.74, 6) is 0.454. The Kier molecular flexibility index (Phi) is 7.11. The largest absolute Gasteiger partial charge is 0.340 e. The molecule has 2 saturated heterocycles. The fraction of sp³-hybridized carbons (Fsp3) is 0.652. The second kappa shape index (κ2) is 9.55. The van der Waals surface area contributed by atoms with Crippen LogP contribution in [-0.2, 0) is 16.0 Å². The molecule has 0 aromatic heterocycles. The molecule has 0 bridgehead atoms. The van der Waals surface area contributed by atoms with Crippen molar-refractivity contribution in [3.05, 3.63) is 35.4 Å². The van der Waals surface area contributed by atoms with E-state index in [0.717, 1.165) is 44.5 Å². The first-order valence-electron chi connectivity index (χ1n) is 10.9. The van der Waals surface area contributed by atoms with Gasteiger partial charge in [-0.1, -0.05) is 36.8 Å². The molecule has 0 N–H and O–H groups in total. The van der Waals surface area contributed by atoms with E-state index in [0.29, 0.717) is 25.6 Å². The van der Waals surface area contributed by atoms with E-state index in [-0.39, 0.29) is 17.9 Å². The van der Waals surface area contributed by atoms with Crippen LogP contribution < -0.4 is 0 Å². The number of carbonyl (C=O) groups is 2. The minimum Gasteiger partial charge on any atom is -0.340 e. The van der Waals surface area contributed by atoms with Crippen molar-refractivity contribution in [1.82, 2.24) is 14.7 Å². The van der Waals surface area contributed by atoms with Crippen LogP contribution in [0.5, 0.6) is 0 Å². The van der Waals surface area contributed by atoms with Gasteiger partial charge in [0.2, 0.25) is 11.8 Å². The molecule has 2 aliphatic rings. The number of rotatable bonds is 5.